The molecule has 2 nitrogen and oxygen atoms in total. The van der Waals surface area contributed by atoms with E-state index in [0.717, 1.165) is 30.0 Å². The number of rotatable bonds is 7. The predicted molar refractivity (Wildman–Crippen MR) is 71.9 cm³/mol. The van der Waals surface area contributed by atoms with Crippen molar-refractivity contribution in [2.45, 2.75) is 37.4 Å². The lowest BCUT2D eigenvalue weighted by molar-refractivity contribution is -0.136. The average molecular weight is 279 g/mol. The highest BCUT2D eigenvalue weighted by molar-refractivity contribution is 7.81. The highest BCUT2D eigenvalue weighted by atomic mass is 35.5. The molecule has 0 aromatic carbocycles. The first-order valence-electron chi connectivity index (χ1n) is 5.24. The molecule has 1 atom stereocenters. The van der Waals surface area contributed by atoms with Crippen LogP contribution in [-0.4, -0.2) is 16.3 Å². The summed E-state index contributed by atoms with van der Waals surface area (Å²) in [5.74, 6) is -0.826. The van der Waals surface area contributed by atoms with E-state index >= 15 is 0 Å². The zero-order chi connectivity index (χ0) is 12.0. The molecule has 1 heterocycles. The summed E-state index contributed by atoms with van der Waals surface area (Å²) in [7, 11) is 0. The molecule has 0 bridgehead atoms. The molecule has 0 saturated heterocycles. The van der Waals surface area contributed by atoms with Gasteiger partial charge >= 0.3 is 5.97 Å². The third-order valence-corrected chi connectivity index (χ3v) is 4.08. The van der Waals surface area contributed by atoms with Gasteiger partial charge in [-0.15, -0.1) is 11.3 Å². The standard InChI is InChI=1S/C11H15ClO2S2/c12-10-7-6-8(16-10)4-2-1-3-5-9(15)11(13)14/h6-7,9,15H,1-5H2,(H,13,14). The Kier molecular flexibility index (Phi) is 6.24. The predicted octanol–water partition coefficient (Wildman–Crippen LogP) is 3.89. The first kappa shape index (κ1) is 13.9. The lowest BCUT2D eigenvalue weighted by Crippen LogP contribution is -2.12. The van der Waals surface area contributed by atoms with Gasteiger partial charge in [-0.25, -0.2) is 0 Å². The molecule has 16 heavy (non-hydrogen) atoms. The van der Waals surface area contributed by atoms with E-state index in [1.165, 1.54) is 4.88 Å². The van der Waals surface area contributed by atoms with Crippen molar-refractivity contribution in [3.8, 4) is 0 Å². The molecule has 0 spiro atoms. The second-order valence-electron chi connectivity index (χ2n) is 3.66. The van der Waals surface area contributed by atoms with E-state index in [4.69, 9.17) is 16.7 Å². The molecule has 1 rings (SSSR count). The molecule has 90 valence electrons. The smallest absolute Gasteiger partial charge is 0.316 e. The Morgan fingerprint density at radius 3 is 2.75 bits per heavy atom. The molecule has 5 heteroatoms. The average Bonchev–Trinajstić information content (AvgIpc) is 2.63. The number of carboxylic acids is 1. The second-order valence-corrected chi connectivity index (χ2v) is 6.08. The van der Waals surface area contributed by atoms with Crippen LogP contribution in [0.15, 0.2) is 12.1 Å². The number of unbranched alkanes of at least 4 members (excludes halogenated alkanes) is 2. The summed E-state index contributed by atoms with van der Waals surface area (Å²) in [5.41, 5.74) is 0. The first-order chi connectivity index (χ1) is 7.59. The maximum Gasteiger partial charge on any atom is 0.316 e. The maximum absolute atomic E-state index is 10.5. The van der Waals surface area contributed by atoms with Gasteiger partial charge in [0, 0.05) is 4.88 Å². The highest BCUT2D eigenvalue weighted by Gasteiger charge is 2.10. The summed E-state index contributed by atoms with van der Waals surface area (Å²) in [6.45, 7) is 0. The minimum atomic E-state index is -0.826. The number of halogens is 1. The normalized spacial score (nSPS) is 12.6. The largest absolute Gasteiger partial charge is 0.480 e. The van der Waals surface area contributed by atoms with Gasteiger partial charge in [0.1, 0.15) is 0 Å². The van der Waals surface area contributed by atoms with Crippen LogP contribution >= 0.6 is 35.6 Å². The van der Waals surface area contributed by atoms with Crippen molar-refractivity contribution in [2.24, 2.45) is 0 Å². The van der Waals surface area contributed by atoms with Crippen LogP contribution in [-0.2, 0) is 11.2 Å². The fraction of sp³-hybridized carbons (Fsp3) is 0.545. The number of carbonyl (C=O) groups is 1. The molecule has 1 aromatic heterocycles. The number of hydrogen-bond donors (Lipinski definition) is 2. The van der Waals surface area contributed by atoms with E-state index < -0.39 is 11.2 Å². The van der Waals surface area contributed by atoms with Crippen molar-refractivity contribution in [1.82, 2.24) is 0 Å². The van der Waals surface area contributed by atoms with Crippen LogP contribution in [0.25, 0.3) is 0 Å². The van der Waals surface area contributed by atoms with E-state index in [-0.39, 0.29) is 0 Å². The van der Waals surface area contributed by atoms with Crippen LogP contribution < -0.4 is 0 Å². The van der Waals surface area contributed by atoms with Crippen LogP contribution in [0.3, 0.4) is 0 Å². The van der Waals surface area contributed by atoms with Crippen LogP contribution in [0.1, 0.15) is 30.6 Å². The number of thiophene rings is 1. The quantitative estimate of drug-likeness (QED) is 0.587. The summed E-state index contributed by atoms with van der Waals surface area (Å²) in [4.78, 5) is 11.8. The van der Waals surface area contributed by atoms with Crippen LogP contribution in [0.5, 0.6) is 0 Å². The zero-order valence-corrected chi connectivity index (χ0v) is 11.3. The van der Waals surface area contributed by atoms with Gasteiger partial charge in [-0.2, -0.15) is 12.6 Å². The fourth-order valence-electron chi connectivity index (χ4n) is 1.42. The van der Waals surface area contributed by atoms with Gasteiger partial charge in [-0.1, -0.05) is 24.4 Å². The molecule has 0 aliphatic carbocycles. The summed E-state index contributed by atoms with van der Waals surface area (Å²) < 4.78 is 0.830. The van der Waals surface area contributed by atoms with Gasteiger partial charge in [0.15, 0.2) is 0 Å². The number of aryl methyl sites for hydroxylation is 1. The maximum atomic E-state index is 10.5. The van der Waals surface area contributed by atoms with E-state index in [2.05, 4.69) is 12.6 Å². The summed E-state index contributed by atoms with van der Waals surface area (Å²) in [6.07, 6.45) is 4.71. The van der Waals surface area contributed by atoms with Crippen LogP contribution in [0.2, 0.25) is 4.34 Å². The number of aliphatic carboxylic acids is 1. The second kappa shape index (κ2) is 7.20. The number of thiol groups is 1. The first-order valence-corrected chi connectivity index (χ1v) is 6.96. The highest BCUT2D eigenvalue weighted by Crippen LogP contribution is 2.23. The Labute approximate surface area is 110 Å². The molecule has 0 aliphatic rings. The molecule has 0 aliphatic heterocycles. The third-order valence-electron chi connectivity index (χ3n) is 2.31. The molecule has 1 unspecified atom stereocenters. The molecule has 1 aromatic rings. The summed E-state index contributed by atoms with van der Waals surface area (Å²) >= 11 is 11.4. The molecule has 1 N–H and O–H groups in total. The molecule has 0 amide bonds. The topological polar surface area (TPSA) is 37.3 Å². The lowest BCUT2D eigenvalue weighted by Gasteiger charge is -2.04. The van der Waals surface area contributed by atoms with Gasteiger partial charge < -0.3 is 5.11 Å². The molecule has 0 fully saturated rings. The van der Waals surface area contributed by atoms with Crippen molar-refractivity contribution in [1.29, 1.82) is 0 Å². The van der Waals surface area contributed by atoms with Crippen molar-refractivity contribution < 1.29 is 9.90 Å². The third kappa shape index (κ3) is 5.23. The van der Waals surface area contributed by atoms with Gasteiger partial charge in [0.25, 0.3) is 0 Å². The number of hydrogen-bond acceptors (Lipinski definition) is 3. The molecule has 0 saturated carbocycles. The Morgan fingerprint density at radius 1 is 1.44 bits per heavy atom. The van der Waals surface area contributed by atoms with Gasteiger partial charge in [0.05, 0.1) is 9.59 Å². The molecular formula is C11H15ClO2S2. The minimum Gasteiger partial charge on any atom is -0.480 e. The van der Waals surface area contributed by atoms with Crippen molar-refractivity contribution in [3.05, 3.63) is 21.3 Å². The van der Waals surface area contributed by atoms with E-state index in [1.807, 2.05) is 12.1 Å². The van der Waals surface area contributed by atoms with Crippen molar-refractivity contribution >= 4 is 41.5 Å². The fourth-order valence-corrected chi connectivity index (χ4v) is 2.74. The molecular weight excluding hydrogens is 264 g/mol. The lowest BCUT2D eigenvalue weighted by atomic mass is 10.1. The van der Waals surface area contributed by atoms with Gasteiger partial charge in [0.2, 0.25) is 0 Å². The van der Waals surface area contributed by atoms with Crippen molar-refractivity contribution in [2.75, 3.05) is 0 Å². The Morgan fingerprint density at radius 2 is 2.19 bits per heavy atom. The summed E-state index contributed by atoms with van der Waals surface area (Å²) in [5, 5.41) is 8.11. The van der Waals surface area contributed by atoms with E-state index in [1.54, 1.807) is 11.3 Å². The monoisotopic (exact) mass is 278 g/mol. The minimum absolute atomic E-state index is 0.517. The van der Waals surface area contributed by atoms with E-state index in [9.17, 15) is 4.79 Å². The van der Waals surface area contributed by atoms with Gasteiger partial charge in [-0.3, -0.25) is 4.79 Å². The van der Waals surface area contributed by atoms with Gasteiger partial charge in [-0.05, 0) is 31.4 Å². The number of carboxylic acid groups (broad SMARTS) is 1. The Bertz CT molecular complexity index is 338. The van der Waals surface area contributed by atoms with Crippen molar-refractivity contribution in [3.63, 3.8) is 0 Å². The van der Waals surface area contributed by atoms with Crippen LogP contribution in [0, 0.1) is 0 Å². The Hall–Kier alpha value is -0.190. The summed E-state index contributed by atoms with van der Waals surface area (Å²) in [6, 6.07) is 3.96. The SMILES string of the molecule is O=C(O)C(S)CCCCCc1ccc(Cl)s1. The van der Waals surface area contributed by atoms with Crippen LogP contribution in [0.4, 0.5) is 0 Å². The Balaban J connectivity index is 2.06. The zero-order valence-electron chi connectivity index (χ0n) is 8.86. The van der Waals surface area contributed by atoms with E-state index in [0.29, 0.717) is 6.42 Å². The molecule has 0 radical (unpaired) electrons.